The summed E-state index contributed by atoms with van der Waals surface area (Å²) in [5, 5.41) is 26.8. The van der Waals surface area contributed by atoms with E-state index in [-0.39, 0.29) is 12.2 Å². The van der Waals surface area contributed by atoms with Gasteiger partial charge >= 0.3 is 5.69 Å². The Hall–Kier alpha value is -1.48. The number of hydrogen-bond acceptors (Lipinski definition) is 6. The fourth-order valence-corrected chi connectivity index (χ4v) is 1.14. The summed E-state index contributed by atoms with van der Waals surface area (Å²) in [5.41, 5.74) is -1.09. The van der Waals surface area contributed by atoms with Crippen LogP contribution in [0.15, 0.2) is 15.8 Å². The van der Waals surface area contributed by atoms with Crippen LogP contribution in [-0.2, 0) is 11.3 Å². The van der Waals surface area contributed by atoms with Crippen LogP contribution >= 0.6 is 0 Å². The molecule has 1 unspecified atom stereocenters. The molecule has 1 heterocycles. The van der Waals surface area contributed by atoms with Crippen LogP contribution in [-0.4, -0.2) is 50.7 Å². The number of ether oxygens (including phenoxy) is 1. The van der Waals surface area contributed by atoms with E-state index in [9.17, 15) is 14.7 Å². The van der Waals surface area contributed by atoms with E-state index in [1.165, 1.54) is 6.20 Å². The molecule has 8 heteroatoms. The second-order valence-corrected chi connectivity index (χ2v) is 3.38. The van der Waals surface area contributed by atoms with E-state index in [1.807, 2.05) is 4.98 Å². The number of rotatable bonds is 6. The van der Waals surface area contributed by atoms with Crippen molar-refractivity contribution in [3.63, 3.8) is 0 Å². The van der Waals surface area contributed by atoms with E-state index in [2.05, 4.69) is 4.98 Å². The Bertz CT molecular complexity index is 453. The highest BCUT2D eigenvalue weighted by Gasteiger charge is 2.18. The summed E-state index contributed by atoms with van der Waals surface area (Å²) in [5.74, 6) is 0. The van der Waals surface area contributed by atoms with Gasteiger partial charge < -0.3 is 25.0 Å². The van der Waals surface area contributed by atoms with Crippen LogP contribution in [0.4, 0.5) is 0 Å². The molecule has 0 spiro atoms. The number of nitrogens with one attached hydrogen (secondary N) is 2. The zero-order valence-electron chi connectivity index (χ0n) is 8.92. The molecule has 1 rings (SSSR count). The Morgan fingerprint density at radius 2 is 2.00 bits per heavy atom. The maximum atomic E-state index is 11.3. The minimum Gasteiger partial charge on any atom is -0.394 e. The molecule has 5 N–H and O–H groups in total. The van der Waals surface area contributed by atoms with E-state index in [4.69, 9.17) is 14.9 Å². The minimum absolute atomic E-state index is 0.146. The van der Waals surface area contributed by atoms with Crippen molar-refractivity contribution in [3.05, 3.63) is 32.6 Å². The molecule has 8 nitrogen and oxygen atoms in total. The predicted octanol–water partition coefficient (Wildman–Crippen LogP) is -2.71. The zero-order chi connectivity index (χ0) is 12.8. The molecule has 0 radical (unpaired) electrons. The van der Waals surface area contributed by atoms with Gasteiger partial charge in [0.15, 0.2) is 0 Å². The molecule has 0 fully saturated rings. The summed E-state index contributed by atoms with van der Waals surface area (Å²) < 4.78 is 5.05. The Balaban J connectivity index is 2.66. The van der Waals surface area contributed by atoms with Crippen molar-refractivity contribution < 1.29 is 20.1 Å². The quantitative estimate of drug-likeness (QED) is 0.370. The van der Waals surface area contributed by atoms with Gasteiger partial charge in [0.05, 0.1) is 25.4 Å². The van der Waals surface area contributed by atoms with Crippen molar-refractivity contribution in [3.8, 4) is 0 Å². The first-order chi connectivity index (χ1) is 8.08. The highest BCUT2D eigenvalue weighted by Crippen LogP contribution is 2.01. The Kier molecular flexibility index (Phi) is 5.04. The minimum atomic E-state index is -1.23. The lowest BCUT2D eigenvalue weighted by Gasteiger charge is -2.19. The molecular formula is C9H14N2O6. The zero-order valence-corrected chi connectivity index (χ0v) is 8.92. The summed E-state index contributed by atoms with van der Waals surface area (Å²) in [7, 11) is 0. The van der Waals surface area contributed by atoms with Gasteiger partial charge in [-0.2, -0.15) is 0 Å². The summed E-state index contributed by atoms with van der Waals surface area (Å²) in [4.78, 5) is 26.2. The Morgan fingerprint density at radius 3 is 2.53 bits per heavy atom. The van der Waals surface area contributed by atoms with Crippen LogP contribution in [0, 0.1) is 0 Å². The molecule has 0 aromatic carbocycles. The molecule has 17 heavy (non-hydrogen) atoms. The smallest absolute Gasteiger partial charge is 0.325 e. The third-order valence-corrected chi connectivity index (χ3v) is 2.15. The van der Waals surface area contributed by atoms with Gasteiger partial charge in [-0.15, -0.1) is 0 Å². The first kappa shape index (κ1) is 13.6. The maximum Gasteiger partial charge on any atom is 0.325 e. The van der Waals surface area contributed by atoms with E-state index >= 15 is 0 Å². The van der Waals surface area contributed by atoms with Crippen molar-refractivity contribution in [2.45, 2.75) is 18.8 Å². The molecule has 0 bridgehead atoms. The molecule has 0 aliphatic carbocycles. The van der Waals surface area contributed by atoms with Gasteiger partial charge in [0, 0.05) is 6.20 Å². The molecule has 0 aliphatic heterocycles. The molecule has 0 aliphatic rings. The molecule has 0 saturated heterocycles. The van der Waals surface area contributed by atoms with Gasteiger partial charge in [-0.25, -0.2) is 4.79 Å². The van der Waals surface area contributed by atoms with E-state index in [0.717, 1.165) is 0 Å². The topological polar surface area (TPSA) is 136 Å². The fraction of sp³-hybridized carbons (Fsp3) is 0.556. The average Bonchev–Trinajstić information content (AvgIpc) is 2.31. The van der Waals surface area contributed by atoms with Crippen LogP contribution in [0.25, 0.3) is 0 Å². The van der Waals surface area contributed by atoms with Gasteiger partial charge in [0.25, 0.3) is 5.56 Å². The third-order valence-electron chi connectivity index (χ3n) is 2.15. The molecule has 1 aromatic heterocycles. The largest absolute Gasteiger partial charge is 0.394 e. The number of aliphatic hydroxyl groups is 3. The first-order valence-corrected chi connectivity index (χ1v) is 4.90. The maximum absolute atomic E-state index is 11.3. The van der Waals surface area contributed by atoms with E-state index in [0.29, 0.717) is 0 Å². The number of H-pyrrole nitrogens is 2. The van der Waals surface area contributed by atoms with E-state index < -0.39 is 36.7 Å². The van der Waals surface area contributed by atoms with Gasteiger partial charge in [-0.1, -0.05) is 0 Å². The van der Waals surface area contributed by atoms with Crippen LogP contribution in [0.3, 0.4) is 0 Å². The Morgan fingerprint density at radius 1 is 1.29 bits per heavy atom. The Labute approximate surface area is 95.5 Å². The lowest BCUT2D eigenvalue weighted by Crippen LogP contribution is -2.36. The number of aliphatic hydroxyl groups excluding tert-OH is 3. The molecule has 96 valence electrons. The lowest BCUT2D eigenvalue weighted by atomic mass is 10.2. The first-order valence-electron chi connectivity index (χ1n) is 4.90. The number of aromatic amines is 2. The number of aromatic nitrogens is 2. The molecule has 0 saturated carbocycles. The monoisotopic (exact) mass is 246 g/mol. The molecule has 2 atom stereocenters. The van der Waals surface area contributed by atoms with Crippen molar-refractivity contribution >= 4 is 0 Å². The van der Waals surface area contributed by atoms with Crippen LogP contribution in [0.5, 0.6) is 0 Å². The summed E-state index contributed by atoms with van der Waals surface area (Å²) in [6.45, 7) is -1.26. The number of hydrogen-bond donors (Lipinski definition) is 5. The average molecular weight is 246 g/mol. The highest BCUT2D eigenvalue weighted by molar-refractivity contribution is 5.01. The van der Waals surface area contributed by atoms with Crippen molar-refractivity contribution in [2.75, 3.05) is 13.2 Å². The van der Waals surface area contributed by atoms with Crippen molar-refractivity contribution in [2.24, 2.45) is 0 Å². The van der Waals surface area contributed by atoms with Crippen molar-refractivity contribution in [1.82, 2.24) is 9.97 Å². The second-order valence-electron chi connectivity index (χ2n) is 3.38. The van der Waals surface area contributed by atoms with E-state index in [1.54, 1.807) is 0 Å². The lowest BCUT2D eigenvalue weighted by molar-refractivity contribution is -0.0863. The predicted molar refractivity (Wildman–Crippen MR) is 56.4 cm³/mol. The second kappa shape index (κ2) is 6.30. The van der Waals surface area contributed by atoms with Crippen molar-refractivity contribution in [1.29, 1.82) is 0 Å². The summed E-state index contributed by atoms with van der Waals surface area (Å²) >= 11 is 0. The summed E-state index contributed by atoms with van der Waals surface area (Å²) in [6.07, 6.45) is -1.05. The van der Waals surface area contributed by atoms with Crippen LogP contribution in [0.1, 0.15) is 5.56 Å². The fourth-order valence-electron chi connectivity index (χ4n) is 1.14. The van der Waals surface area contributed by atoms with Gasteiger partial charge in [0.2, 0.25) is 0 Å². The molecule has 1 aromatic rings. The SMILES string of the molecule is O=c1[nH]cc(CO[C@H](CO)C(O)CO)c(=O)[nH]1. The van der Waals surface area contributed by atoms with Gasteiger partial charge in [0.1, 0.15) is 12.2 Å². The van der Waals surface area contributed by atoms with Crippen LogP contribution < -0.4 is 11.2 Å². The highest BCUT2D eigenvalue weighted by atomic mass is 16.5. The van der Waals surface area contributed by atoms with Gasteiger partial charge in [-0.05, 0) is 0 Å². The van der Waals surface area contributed by atoms with Crippen LogP contribution in [0.2, 0.25) is 0 Å². The summed E-state index contributed by atoms with van der Waals surface area (Å²) in [6, 6.07) is 0. The third kappa shape index (κ3) is 3.79. The van der Waals surface area contributed by atoms with Gasteiger partial charge in [-0.3, -0.25) is 9.78 Å². The standard InChI is InChI=1S/C9H14N2O6/c12-2-6(14)7(3-13)17-4-5-1-10-9(16)11-8(5)15/h1,6-7,12-14H,2-4H2,(H2,10,11,15,16)/t6?,7-/m1/s1. The molecule has 0 amide bonds. The molecular weight excluding hydrogens is 232 g/mol. The normalized spacial score (nSPS) is 14.5.